The van der Waals surface area contributed by atoms with Crippen LogP contribution < -0.4 is 0 Å². The second kappa shape index (κ2) is 34.7. The number of hydrogen-bond donors (Lipinski definition) is 4. The van der Waals surface area contributed by atoms with E-state index in [0.717, 1.165) is 166 Å². The van der Waals surface area contributed by atoms with Crippen molar-refractivity contribution in [1.29, 1.82) is 0 Å². The van der Waals surface area contributed by atoms with E-state index in [0.29, 0.717) is 100 Å². The van der Waals surface area contributed by atoms with E-state index in [4.69, 9.17) is 16.3 Å². The van der Waals surface area contributed by atoms with Crippen molar-refractivity contribution in [2.75, 3.05) is 20.4 Å². The van der Waals surface area contributed by atoms with Gasteiger partial charge in [0.2, 0.25) is 0 Å². The Morgan fingerprint density at radius 1 is 0.355 bits per heavy atom. The van der Waals surface area contributed by atoms with Gasteiger partial charge in [-0.05, 0) is 419 Å². The summed E-state index contributed by atoms with van der Waals surface area (Å²) in [5, 5.41) is 80.3. The third-order valence-electron chi connectivity index (χ3n) is 39.5. The molecule has 0 bridgehead atoms. The van der Waals surface area contributed by atoms with Crippen molar-refractivity contribution in [2.24, 2.45) is 170 Å². The number of halogens is 2. The van der Waals surface area contributed by atoms with Crippen molar-refractivity contribution >= 4 is 11.6 Å². The second-order valence-electron chi connectivity index (χ2n) is 45.1. The Bertz CT molecular complexity index is 4400. The minimum Gasteiger partial charge on any atom is -0.387 e. The fourth-order valence-electron chi connectivity index (χ4n) is 34.1. The van der Waals surface area contributed by atoms with Crippen LogP contribution in [0.3, 0.4) is 0 Å². The summed E-state index contributed by atoms with van der Waals surface area (Å²) in [6.07, 6.45) is 59.1. The van der Waals surface area contributed by atoms with Crippen molar-refractivity contribution in [1.82, 2.24) is 60.0 Å². The highest BCUT2D eigenvalue weighted by molar-refractivity contribution is 6.30. The average molecular weight is 1680 g/mol. The monoisotopic (exact) mass is 1680 g/mol. The molecule has 21 rings (SSSR count). The molecular formula is C102H148ClFN12O5. The van der Waals surface area contributed by atoms with E-state index in [1.54, 1.807) is 75.9 Å². The normalized spacial score (nSPS) is 45.5. The standard InChI is InChI=1S/C28H39N3O.C25H34ClN3O.C25H39N3O2.C24H36FN3O/c1-19(18-31-29-15-16-30-31)25-7-8-26-24-6-5-21-17-28(32,13-9-20-3-4-20)14-11-22(21)23(24)10-12-27(25,26)2;1-17(16-29-27-13-14-28-29)22-5-6-23-21-4-3-18-15-25(30,11-12-26)10-8-19(18)20(21)7-9-24(22,23)2;1-17(15-28-26-12-13-27-28)22-6-7-23-21-5-4-18-14-25(29,16-30-3)11-9-19(18)20(21)8-10-24(22,23)2;1-16(14-28-26-11-12-27-28)21-5-6-22-20-4-3-17-13-24(29,15-25)10-8-18(17)19(20)7-9-23(21,22)2/h15-16,20-26,32H,1,3-8,10-12,14,17-18H2,2H3;13-14,18-23,30H,1,3-10,15-16H2,2H3;12-13,18-23,29H,1,4-11,14-16H2,2-3H3;11-12,17-22,29H,1,3-10,13-15H2,2H3/t21-,22-,23+,24+,25+,26-,27+,28+;18-,19-,20+,21+,22+,23-,24+,25-;18-,19-,20+,21+,22+,23-,24+,25+;17-,18-,19+,20+,21+,22-,23+,24+/m0000/s1. The van der Waals surface area contributed by atoms with Gasteiger partial charge in [0.15, 0.2) is 0 Å². The molecule has 0 aromatic carbocycles. The van der Waals surface area contributed by atoms with Gasteiger partial charge in [-0.1, -0.05) is 94.1 Å². The van der Waals surface area contributed by atoms with Crippen molar-refractivity contribution in [3.05, 3.63) is 98.2 Å². The van der Waals surface area contributed by atoms with E-state index < -0.39 is 29.1 Å². The first-order valence-electron chi connectivity index (χ1n) is 48.9. The van der Waals surface area contributed by atoms with Gasteiger partial charge in [0.1, 0.15) is 17.9 Å². The molecule has 0 radical (unpaired) electrons. The van der Waals surface area contributed by atoms with Gasteiger partial charge in [-0.25, -0.2) is 4.39 Å². The summed E-state index contributed by atoms with van der Waals surface area (Å²) in [6, 6.07) is 0. The topological polar surface area (TPSA) is 213 Å². The number of methoxy groups -OCH3 is 1. The number of aliphatic hydroxyl groups is 4. The van der Waals surface area contributed by atoms with Crippen LogP contribution in [0.4, 0.5) is 4.39 Å². The van der Waals surface area contributed by atoms with Gasteiger partial charge in [-0.3, -0.25) is 0 Å². The van der Waals surface area contributed by atoms with E-state index in [1.807, 2.05) is 0 Å². The summed E-state index contributed by atoms with van der Waals surface area (Å²) in [6.45, 7) is 31.2. The largest absolute Gasteiger partial charge is 0.387 e. The van der Waals surface area contributed by atoms with Crippen molar-refractivity contribution in [2.45, 2.75) is 320 Å². The van der Waals surface area contributed by atoms with Crippen LogP contribution in [0.15, 0.2) is 98.2 Å². The van der Waals surface area contributed by atoms with E-state index in [9.17, 15) is 24.8 Å². The first-order valence-corrected chi connectivity index (χ1v) is 49.3. The Labute approximate surface area is 728 Å². The Hall–Kier alpha value is -5.34. The maximum Gasteiger partial charge on any atom is 0.127 e. The van der Waals surface area contributed by atoms with E-state index in [2.05, 4.69) is 118 Å². The molecule has 0 amide bonds. The summed E-state index contributed by atoms with van der Waals surface area (Å²) < 4.78 is 18.7. The van der Waals surface area contributed by atoms with Gasteiger partial charge in [0, 0.05) is 18.4 Å². The Balaban J connectivity index is 0.000000111. The Morgan fingerprint density at radius 3 is 0.934 bits per heavy atom. The maximum absolute atomic E-state index is 13.4. The number of aromatic nitrogens is 12. The zero-order valence-electron chi connectivity index (χ0n) is 74.3. The number of rotatable bonds is 15. The molecule has 4 N–H and O–H groups in total. The molecule has 17 aliphatic carbocycles. The molecule has 32 atom stereocenters. The van der Waals surface area contributed by atoms with Crippen molar-refractivity contribution < 1.29 is 29.6 Å². The average Bonchev–Trinajstić information content (AvgIpc) is 1.40. The zero-order chi connectivity index (χ0) is 84.0. The van der Waals surface area contributed by atoms with E-state index in [-0.39, 0.29) is 0 Å². The predicted octanol–water partition coefficient (Wildman–Crippen LogP) is 19.6. The Kier molecular flexibility index (Phi) is 24.8. The highest BCUT2D eigenvalue weighted by Gasteiger charge is 2.64. The molecule has 660 valence electrons. The molecule has 0 saturated heterocycles. The third kappa shape index (κ3) is 16.8. The maximum atomic E-state index is 13.4. The highest BCUT2D eigenvalue weighted by Crippen LogP contribution is 2.71. The lowest BCUT2D eigenvalue weighted by molar-refractivity contribution is -0.123. The van der Waals surface area contributed by atoms with Crippen molar-refractivity contribution in [3.63, 3.8) is 0 Å². The molecule has 4 heterocycles. The van der Waals surface area contributed by atoms with Gasteiger partial charge in [-0.2, -0.15) is 60.0 Å². The minimum absolute atomic E-state index is 0.354. The number of fused-ring (bicyclic) bond motifs is 20. The summed E-state index contributed by atoms with van der Waals surface area (Å²) in [4.78, 5) is 7.14. The van der Waals surface area contributed by atoms with E-state index in [1.165, 1.54) is 202 Å². The summed E-state index contributed by atoms with van der Waals surface area (Å²) in [5.41, 5.74) is 3.61. The molecule has 4 aromatic rings. The van der Waals surface area contributed by atoms with E-state index >= 15 is 0 Å². The quantitative estimate of drug-likeness (QED) is 0.0645. The van der Waals surface area contributed by atoms with Gasteiger partial charge in [-0.15, -0.1) is 0 Å². The number of hydrogen-bond acceptors (Lipinski definition) is 13. The lowest BCUT2D eigenvalue weighted by Crippen LogP contribution is -2.52. The second-order valence-corrected chi connectivity index (χ2v) is 45.3. The summed E-state index contributed by atoms with van der Waals surface area (Å²) in [5.74, 6) is 28.2. The highest BCUT2D eigenvalue weighted by atomic mass is 35.5. The predicted molar refractivity (Wildman–Crippen MR) is 471 cm³/mol. The molecular weight excluding hydrogens is 1530 g/mol. The third-order valence-corrected chi connectivity index (χ3v) is 39.6. The van der Waals surface area contributed by atoms with Crippen LogP contribution in [0, 0.1) is 193 Å². The van der Waals surface area contributed by atoms with Crippen LogP contribution in [0.2, 0.25) is 0 Å². The first kappa shape index (κ1) is 86.4. The van der Waals surface area contributed by atoms with Gasteiger partial charge in [0.25, 0.3) is 0 Å². The summed E-state index contributed by atoms with van der Waals surface area (Å²) in [7, 11) is 1.72. The van der Waals surface area contributed by atoms with Gasteiger partial charge in [0.05, 0.1) is 93.6 Å². The van der Waals surface area contributed by atoms with Crippen LogP contribution in [0.1, 0.15) is 272 Å². The molecule has 17 saturated carbocycles. The van der Waals surface area contributed by atoms with Crippen LogP contribution >= 0.6 is 11.6 Å². The number of alkyl halides is 1. The minimum atomic E-state index is -1.03. The smallest absolute Gasteiger partial charge is 0.127 e. The van der Waals surface area contributed by atoms with Crippen LogP contribution in [-0.4, -0.2) is 123 Å². The lowest BCUT2D eigenvalue weighted by Gasteiger charge is -2.57. The fraction of sp³-hybridized carbons (Fsp3) is 0.804. The lowest BCUT2D eigenvalue weighted by atomic mass is 9.48. The van der Waals surface area contributed by atoms with Crippen LogP contribution in [0.5, 0.6) is 0 Å². The molecule has 121 heavy (non-hydrogen) atoms. The van der Waals surface area contributed by atoms with Crippen molar-refractivity contribution in [3.8, 4) is 23.1 Å². The van der Waals surface area contributed by atoms with Crippen LogP contribution in [-0.2, 0) is 30.9 Å². The first-order chi connectivity index (χ1) is 58.3. The molecule has 17 nitrogen and oxygen atoms in total. The number of nitrogens with zero attached hydrogens (tertiary/aromatic N) is 12. The molecule has 19 heteroatoms. The SMILES string of the molecule is C=C(Cn1nccn1)[C@H]1CC[C@H]2[C@@H]3CC[C@H]4C[C@@](O)(C#CC5CC5)CC[C@@H]4[C@H]3CC[C@]12C.C=C(Cn1nccn1)[C@H]1CC[C@H]2[C@@H]3CC[C@H]4C[C@@](O)(C#CCl)CC[C@@H]4[C@H]3CC[C@]12C.C=C(Cn1nccn1)[C@H]1CC[C@H]2[C@@H]3CC[C@H]4C[C@@](O)(CF)CC[C@@H]4[C@H]3CC[C@]12C.C=C(Cn1nccn1)[C@H]1CC[C@H]2[C@@H]3CC[C@H]4C[C@@](O)(COC)CC[C@@H]4[C@H]3CC[C@]12C. The molecule has 17 fully saturated rings. The van der Waals surface area contributed by atoms with Gasteiger partial charge < -0.3 is 25.2 Å². The summed E-state index contributed by atoms with van der Waals surface area (Å²) >= 11 is 5.63. The molecule has 0 aliphatic heterocycles. The molecule has 0 unspecified atom stereocenters. The number of allylic oxidation sites excluding steroid dienone is 4. The zero-order valence-corrected chi connectivity index (χ0v) is 75.1. The van der Waals surface area contributed by atoms with Gasteiger partial charge >= 0.3 is 0 Å². The number of ether oxygens (including phenoxy) is 1. The Morgan fingerprint density at radius 2 is 0.636 bits per heavy atom. The van der Waals surface area contributed by atoms with Crippen LogP contribution in [0.25, 0.3) is 0 Å². The molecule has 4 aromatic heterocycles. The molecule has 17 aliphatic rings. The fourth-order valence-corrected chi connectivity index (χ4v) is 34.3. The molecule has 0 spiro atoms.